The van der Waals surface area contributed by atoms with Crippen molar-refractivity contribution < 1.29 is 14.3 Å². The Morgan fingerprint density at radius 2 is 1.81 bits per heavy atom. The van der Waals surface area contributed by atoms with E-state index in [0.29, 0.717) is 35.5 Å². The molecule has 0 saturated carbocycles. The molecular formula is C24H22N4O3. The van der Waals surface area contributed by atoms with E-state index in [1.54, 1.807) is 43.3 Å². The van der Waals surface area contributed by atoms with E-state index in [9.17, 15) is 9.59 Å². The third-order valence-electron chi connectivity index (χ3n) is 4.86. The SMILES string of the molecule is CCOC(=O)c1cccc(NC(=O)c2ccc3c(c2)nnn3Cc2ccc(C)cc2)c1. The van der Waals surface area contributed by atoms with Crippen LogP contribution in [0.3, 0.4) is 0 Å². The summed E-state index contributed by atoms with van der Waals surface area (Å²) in [5.74, 6) is -0.721. The lowest BCUT2D eigenvalue weighted by Gasteiger charge is -2.08. The van der Waals surface area contributed by atoms with E-state index in [-0.39, 0.29) is 5.91 Å². The van der Waals surface area contributed by atoms with Gasteiger partial charge in [-0.3, -0.25) is 4.79 Å². The van der Waals surface area contributed by atoms with E-state index < -0.39 is 5.97 Å². The zero-order valence-corrected chi connectivity index (χ0v) is 17.3. The summed E-state index contributed by atoms with van der Waals surface area (Å²) < 4.78 is 6.81. The van der Waals surface area contributed by atoms with Crippen LogP contribution in [0.1, 0.15) is 38.8 Å². The number of nitrogens with one attached hydrogen (secondary N) is 1. The Balaban J connectivity index is 1.51. The van der Waals surface area contributed by atoms with Crippen LogP contribution >= 0.6 is 0 Å². The highest BCUT2D eigenvalue weighted by Crippen LogP contribution is 2.18. The molecule has 0 aliphatic heterocycles. The van der Waals surface area contributed by atoms with Crippen molar-refractivity contribution in [2.75, 3.05) is 11.9 Å². The number of amides is 1. The summed E-state index contributed by atoms with van der Waals surface area (Å²) >= 11 is 0. The number of anilines is 1. The van der Waals surface area contributed by atoms with E-state index >= 15 is 0 Å². The van der Waals surface area contributed by atoms with Gasteiger partial charge in [0.25, 0.3) is 5.91 Å². The number of benzene rings is 3. The van der Waals surface area contributed by atoms with Gasteiger partial charge in [-0.05, 0) is 55.8 Å². The van der Waals surface area contributed by atoms with Crippen LogP contribution in [-0.4, -0.2) is 33.5 Å². The van der Waals surface area contributed by atoms with Gasteiger partial charge in [0.1, 0.15) is 5.52 Å². The molecule has 1 heterocycles. The molecule has 0 spiro atoms. The van der Waals surface area contributed by atoms with Crippen molar-refractivity contribution in [1.82, 2.24) is 15.0 Å². The summed E-state index contributed by atoms with van der Waals surface area (Å²) in [6.45, 7) is 4.69. The smallest absolute Gasteiger partial charge is 0.338 e. The van der Waals surface area contributed by atoms with Gasteiger partial charge in [-0.1, -0.05) is 41.1 Å². The first-order chi connectivity index (χ1) is 15.0. The first-order valence-corrected chi connectivity index (χ1v) is 10.0. The summed E-state index contributed by atoms with van der Waals surface area (Å²) in [7, 11) is 0. The van der Waals surface area contributed by atoms with Gasteiger partial charge in [-0.15, -0.1) is 5.10 Å². The van der Waals surface area contributed by atoms with Crippen LogP contribution in [0.15, 0.2) is 66.7 Å². The van der Waals surface area contributed by atoms with E-state index in [0.717, 1.165) is 11.1 Å². The molecule has 0 unspecified atom stereocenters. The number of hydrogen-bond donors (Lipinski definition) is 1. The molecule has 7 nitrogen and oxygen atoms in total. The Morgan fingerprint density at radius 3 is 2.58 bits per heavy atom. The molecule has 7 heteroatoms. The van der Waals surface area contributed by atoms with E-state index in [1.807, 2.05) is 17.7 Å². The van der Waals surface area contributed by atoms with Crippen LogP contribution in [-0.2, 0) is 11.3 Å². The second kappa shape index (κ2) is 8.79. The van der Waals surface area contributed by atoms with Crippen molar-refractivity contribution >= 4 is 28.6 Å². The second-order valence-electron chi connectivity index (χ2n) is 7.19. The van der Waals surface area contributed by atoms with Gasteiger partial charge in [0, 0.05) is 11.3 Å². The van der Waals surface area contributed by atoms with Crippen molar-refractivity contribution in [2.24, 2.45) is 0 Å². The summed E-state index contributed by atoms with van der Waals surface area (Å²) in [6.07, 6.45) is 0. The molecule has 0 fully saturated rings. The minimum atomic E-state index is -0.426. The van der Waals surface area contributed by atoms with Gasteiger partial charge >= 0.3 is 5.97 Å². The standard InChI is InChI=1S/C24H22N4O3/c1-3-31-24(30)19-5-4-6-20(13-19)25-23(29)18-11-12-22-21(14-18)26-27-28(22)15-17-9-7-16(2)8-10-17/h4-14H,3,15H2,1-2H3,(H,25,29). The zero-order valence-electron chi connectivity index (χ0n) is 17.3. The maximum atomic E-state index is 12.7. The number of aryl methyl sites for hydroxylation is 1. The number of carbonyl (C=O) groups excluding carboxylic acids is 2. The quantitative estimate of drug-likeness (QED) is 0.478. The third kappa shape index (κ3) is 4.61. The lowest BCUT2D eigenvalue weighted by Crippen LogP contribution is -2.13. The molecule has 156 valence electrons. The Kier molecular flexibility index (Phi) is 5.75. The number of esters is 1. The Hall–Kier alpha value is -4.00. The van der Waals surface area contributed by atoms with Gasteiger partial charge in [0.15, 0.2) is 0 Å². The van der Waals surface area contributed by atoms with Crippen LogP contribution in [0.4, 0.5) is 5.69 Å². The minimum absolute atomic E-state index is 0.292. The van der Waals surface area contributed by atoms with Crippen LogP contribution < -0.4 is 5.32 Å². The monoisotopic (exact) mass is 414 g/mol. The molecule has 4 aromatic rings. The molecule has 0 aliphatic carbocycles. The van der Waals surface area contributed by atoms with Gasteiger partial charge in [-0.2, -0.15) is 0 Å². The van der Waals surface area contributed by atoms with Crippen molar-refractivity contribution in [3.05, 3.63) is 89.0 Å². The average molecular weight is 414 g/mol. The third-order valence-corrected chi connectivity index (χ3v) is 4.86. The largest absolute Gasteiger partial charge is 0.462 e. The average Bonchev–Trinajstić information content (AvgIpc) is 3.17. The highest BCUT2D eigenvalue weighted by Gasteiger charge is 2.13. The van der Waals surface area contributed by atoms with Crippen LogP contribution in [0.25, 0.3) is 11.0 Å². The van der Waals surface area contributed by atoms with Gasteiger partial charge in [0.2, 0.25) is 0 Å². The maximum Gasteiger partial charge on any atom is 0.338 e. The predicted molar refractivity (Wildman–Crippen MR) is 118 cm³/mol. The normalized spacial score (nSPS) is 10.8. The number of nitrogens with zero attached hydrogens (tertiary/aromatic N) is 3. The molecule has 3 aromatic carbocycles. The summed E-state index contributed by atoms with van der Waals surface area (Å²) in [5, 5.41) is 11.3. The molecule has 1 aromatic heterocycles. The van der Waals surface area contributed by atoms with Crippen molar-refractivity contribution in [1.29, 1.82) is 0 Å². The Labute approximate surface area is 179 Å². The van der Waals surface area contributed by atoms with E-state index in [2.05, 4.69) is 39.9 Å². The number of rotatable bonds is 6. The molecule has 4 rings (SSSR count). The van der Waals surface area contributed by atoms with E-state index in [1.165, 1.54) is 5.56 Å². The maximum absolute atomic E-state index is 12.7. The molecule has 31 heavy (non-hydrogen) atoms. The molecule has 0 saturated heterocycles. The predicted octanol–water partition coefficient (Wildman–Crippen LogP) is 4.22. The molecule has 1 N–H and O–H groups in total. The van der Waals surface area contributed by atoms with Gasteiger partial charge in [-0.25, -0.2) is 9.48 Å². The zero-order chi connectivity index (χ0) is 21.8. The first-order valence-electron chi connectivity index (χ1n) is 10.0. The van der Waals surface area contributed by atoms with Crippen LogP contribution in [0.2, 0.25) is 0 Å². The highest BCUT2D eigenvalue weighted by molar-refractivity contribution is 6.06. The number of aromatic nitrogens is 3. The fraction of sp³-hybridized carbons (Fsp3) is 0.167. The van der Waals surface area contributed by atoms with Crippen LogP contribution in [0, 0.1) is 6.92 Å². The van der Waals surface area contributed by atoms with Gasteiger partial charge in [0.05, 0.1) is 24.2 Å². The molecule has 0 atom stereocenters. The van der Waals surface area contributed by atoms with Crippen molar-refractivity contribution in [2.45, 2.75) is 20.4 Å². The number of carbonyl (C=O) groups is 2. The number of ether oxygens (including phenoxy) is 1. The number of fused-ring (bicyclic) bond motifs is 1. The Morgan fingerprint density at radius 1 is 1.00 bits per heavy atom. The van der Waals surface area contributed by atoms with Crippen molar-refractivity contribution in [3.63, 3.8) is 0 Å². The summed E-state index contributed by atoms with van der Waals surface area (Å²) in [6, 6.07) is 20.2. The molecule has 1 amide bonds. The molecule has 0 radical (unpaired) electrons. The summed E-state index contributed by atoms with van der Waals surface area (Å²) in [5.41, 5.74) is 5.17. The van der Waals surface area contributed by atoms with Gasteiger partial charge < -0.3 is 10.1 Å². The van der Waals surface area contributed by atoms with Crippen molar-refractivity contribution in [3.8, 4) is 0 Å². The fourth-order valence-electron chi connectivity index (χ4n) is 3.24. The van der Waals surface area contributed by atoms with E-state index in [4.69, 9.17) is 4.74 Å². The topological polar surface area (TPSA) is 86.1 Å². The first kappa shape index (κ1) is 20.3. The number of hydrogen-bond acceptors (Lipinski definition) is 5. The summed E-state index contributed by atoms with van der Waals surface area (Å²) in [4.78, 5) is 24.6. The fourth-order valence-corrected chi connectivity index (χ4v) is 3.24. The minimum Gasteiger partial charge on any atom is -0.462 e. The highest BCUT2D eigenvalue weighted by atomic mass is 16.5. The lowest BCUT2D eigenvalue weighted by molar-refractivity contribution is 0.0526. The molecule has 0 bridgehead atoms. The molecular weight excluding hydrogens is 392 g/mol. The lowest BCUT2D eigenvalue weighted by atomic mass is 10.1. The second-order valence-corrected chi connectivity index (χ2v) is 7.19. The Bertz CT molecular complexity index is 1250. The molecule has 0 aliphatic rings. The van der Waals surface area contributed by atoms with Crippen LogP contribution in [0.5, 0.6) is 0 Å².